The SMILES string of the molecule is CN(C)C(=O)CCNCc1ccc(F)c(C#N)c1. The van der Waals surface area contributed by atoms with Gasteiger partial charge in [0, 0.05) is 33.6 Å². The van der Waals surface area contributed by atoms with Crippen molar-refractivity contribution in [1.29, 1.82) is 5.26 Å². The molecule has 0 fully saturated rings. The van der Waals surface area contributed by atoms with Gasteiger partial charge in [0.25, 0.3) is 0 Å². The Balaban J connectivity index is 2.41. The minimum Gasteiger partial charge on any atom is -0.349 e. The van der Waals surface area contributed by atoms with Gasteiger partial charge in [0.1, 0.15) is 11.9 Å². The minimum absolute atomic E-state index is 0.0404. The molecule has 0 aliphatic rings. The quantitative estimate of drug-likeness (QED) is 0.799. The van der Waals surface area contributed by atoms with Crippen molar-refractivity contribution in [2.75, 3.05) is 20.6 Å². The van der Waals surface area contributed by atoms with Crippen LogP contribution in [0.15, 0.2) is 18.2 Å². The maximum Gasteiger partial charge on any atom is 0.223 e. The molecule has 0 saturated carbocycles. The second kappa shape index (κ2) is 6.72. The number of nitrogens with one attached hydrogen (secondary N) is 1. The van der Waals surface area contributed by atoms with Crippen molar-refractivity contribution in [3.63, 3.8) is 0 Å². The van der Waals surface area contributed by atoms with E-state index in [9.17, 15) is 9.18 Å². The third kappa shape index (κ3) is 4.15. The first-order valence-electron chi connectivity index (χ1n) is 5.64. The molecule has 1 amide bonds. The van der Waals surface area contributed by atoms with Gasteiger partial charge in [0.2, 0.25) is 5.91 Å². The zero-order valence-corrected chi connectivity index (χ0v) is 10.5. The highest BCUT2D eigenvalue weighted by molar-refractivity contribution is 5.75. The molecular weight excluding hydrogens is 233 g/mol. The molecule has 1 aromatic rings. The van der Waals surface area contributed by atoms with E-state index in [1.54, 1.807) is 26.2 Å². The largest absolute Gasteiger partial charge is 0.349 e. The lowest BCUT2D eigenvalue weighted by molar-refractivity contribution is -0.128. The summed E-state index contributed by atoms with van der Waals surface area (Å²) in [5.41, 5.74) is 0.865. The molecule has 18 heavy (non-hydrogen) atoms. The number of carbonyl (C=O) groups is 1. The van der Waals surface area contributed by atoms with Crippen molar-refractivity contribution in [3.05, 3.63) is 35.1 Å². The summed E-state index contributed by atoms with van der Waals surface area (Å²) in [5, 5.41) is 11.8. The highest BCUT2D eigenvalue weighted by Gasteiger charge is 2.04. The Labute approximate surface area is 106 Å². The number of halogens is 1. The molecule has 0 atom stereocenters. The molecule has 0 spiro atoms. The first-order chi connectivity index (χ1) is 8.54. The number of carbonyl (C=O) groups excluding carboxylic acids is 1. The van der Waals surface area contributed by atoms with E-state index in [1.165, 1.54) is 17.0 Å². The molecular formula is C13H16FN3O. The summed E-state index contributed by atoms with van der Waals surface area (Å²) < 4.78 is 13.1. The first kappa shape index (κ1) is 14.1. The fourth-order valence-corrected chi connectivity index (χ4v) is 1.42. The Bertz CT molecular complexity index is 466. The van der Waals surface area contributed by atoms with E-state index in [4.69, 9.17) is 5.26 Å². The van der Waals surface area contributed by atoms with Crippen molar-refractivity contribution in [1.82, 2.24) is 10.2 Å². The van der Waals surface area contributed by atoms with Crippen molar-refractivity contribution in [2.24, 2.45) is 0 Å². The van der Waals surface area contributed by atoms with Gasteiger partial charge in [0.15, 0.2) is 0 Å². The smallest absolute Gasteiger partial charge is 0.223 e. The van der Waals surface area contributed by atoms with Crippen LogP contribution in [0.1, 0.15) is 17.5 Å². The van der Waals surface area contributed by atoms with Gasteiger partial charge in [-0.3, -0.25) is 4.79 Å². The van der Waals surface area contributed by atoms with Crippen LogP contribution in [0.4, 0.5) is 4.39 Å². The Kier molecular flexibility index (Phi) is 5.28. The molecule has 0 saturated heterocycles. The monoisotopic (exact) mass is 249 g/mol. The van der Waals surface area contributed by atoms with Crippen LogP contribution in [0, 0.1) is 17.1 Å². The summed E-state index contributed by atoms with van der Waals surface area (Å²) in [5.74, 6) is -0.455. The molecule has 5 heteroatoms. The van der Waals surface area contributed by atoms with Crippen molar-refractivity contribution in [3.8, 4) is 6.07 Å². The predicted molar refractivity (Wildman–Crippen MR) is 66.1 cm³/mol. The molecule has 0 aromatic heterocycles. The zero-order valence-electron chi connectivity index (χ0n) is 10.5. The topological polar surface area (TPSA) is 56.1 Å². The minimum atomic E-state index is -0.510. The van der Waals surface area contributed by atoms with Crippen molar-refractivity contribution < 1.29 is 9.18 Å². The second-order valence-electron chi connectivity index (χ2n) is 4.14. The molecule has 0 bridgehead atoms. The first-order valence-corrected chi connectivity index (χ1v) is 5.64. The van der Waals surface area contributed by atoms with Crippen LogP contribution >= 0.6 is 0 Å². The van der Waals surface area contributed by atoms with Crippen LogP contribution < -0.4 is 5.32 Å². The Hall–Kier alpha value is -1.93. The Morgan fingerprint density at radius 3 is 2.83 bits per heavy atom. The molecule has 1 rings (SSSR count). The van der Waals surface area contributed by atoms with Crippen LogP contribution in [-0.2, 0) is 11.3 Å². The van der Waals surface area contributed by atoms with Crippen LogP contribution in [0.3, 0.4) is 0 Å². The molecule has 0 unspecified atom stereocenters. The van der Waals surface area contributed by atoms with Gasteiger partial charge in [0.05, 0.1) is 5.56 Å². The van der Waals surface area contributed by atoms with Crippen LogP contribution in [0.25, 0.3) is 0 Å². The maximum absolute atomic E-state index is 13.1. The zero-order chi connectivity index (χ0) is 13.5. The number of hydrogen-bond donors (Lipinski definition) is 1. The average Bonchev–Trinajstić information content (AvgIpc) is 2.35. The van der Waals surface area contributed by atoms with E-state index in [2.05, 4.69) is 5.32 Å². The highest BCUT2D eigenvalue weighted by atomic mass is 19.1. The Morgan fingerprint density at radius 2 is 2.22 bits per heavy atom. The summed E-state index contributed by atoms with van der Waals surface area (Å²) >= 11 is 0. The summed E-state index contributed by atoms with van der Waals surface area (Å²) in [4.78, 5) is 12.8. The molecule has 96 valence electrons. The van der Waals surface area contributed by atoms with Gasteiger partial charge in [-0.1, -0.05) is 6.07 Å². The summed E-state index contributed by atoms with van der Waals surface area (Å²) in [7, 11) is 3.42. The number of nitrogens with zero attached hydrogens (tertiary/aromatic N) is 2. The molecule has 1 N–H and O–H groups in total. The lowest BCUT2D eigenvalue weighted by Crippen LogP contribution is -2.26. The summed E-state index contributed by atoms with van der Waals surface area (Å²) in [6.07, 6.45) is 0.416. The lowest BCUT2D eigenvalue weighted by Gasteiger charge is -2.10. The number of amides is 1. The van der Waals surface area contributed by atoms with Crippen LogP contribution in [-0.4, -0.2) is 31.4 Å². The summed E-state index contributed by atoms with van der Waals surface area (Å²) in [6, 6.07) is 6.21. The lowest BCUT2D eigenvalue weighted by atomic mass is 10.1. The maximum atomic E-state index is 13.1. The molecule has 0 radical (unpaired) electrons. The van der Waals surface area contributed by atoms with E-state index in [1.807, 2.05) is 0 Å². The molecule has 4 nitrogen and oxygen atoms in total. The summed E-state index contributed by atoms with van der Waals surface area (Å²) in [6.45, 7) is 1.06. The third-order valence-electron chi connectivity index (χ3n) is 2.49. The fourth-order valence-electron chi connectivity index (χ4n) is 1.42. The van der Waals surface area contributed by atoms with E-state index >= 15 is 0 Å². The van der Waals surface area contributed by atoms with Crippen molar-refractivity contribution >= 4 is 5.91 Å². The second-order valence-corrected chi connectivity index (χ2v) is 4.14. The number of nitriles is 1. The molecule has 1 aromatic carbocycles. The van der Waals surface area contributed by atoms with Gasteiger partial charge in [-0.05, 0) is 17.7 Å². The average molecular weight is 249 g/mol. The number of hydrogen-bond acceptors (Lipinski definition) is 3. The predicted octanol–water partition coefficient (Wildman–Crippen LogP) is 1.27. The van der Waals surface area contributed by atoms with Crippen LogP contribution in [0.2, 0.25) is 0 Å². The normalized spacial score (nSPS) is 9.89. The third-order valence-corrected chi connectivity index (χ3v) is 2.49. The van der Waals surface area contributed by atoms with Gasteiger partial charge < -0.3 is 10.2 Å². The van der Waals surface area contributed by atoms with E-state index in [0.717, 1.165) is 5.56 Å². The molecule has 0 aliphatic heterocycles. The van der Waals surface area contributed by atoms with Crippen LogP contribution in [0.5, 0.6) is 0 Å². The van der Waals surface area contributed by atoms with E-state index < -0.39 is 5.82 Å². The molecule has 0 aliphatic carbocycles. The standard InChI is InChI=1S/C13H16FN3O/c1-17(2)13(18)5-6-16-9-10-3-4-12(14)11(7-10)8-15/h3-4,7,16H,5-6,9H2,1-2H3. The number of rotatable bonds is 5. The van der Waals surface area contributed by atoms with Crippen molar-refractivity contribution in [2.45, 2.75) is 13.0 Å². The van der Waals surface area contributed by atoms with Gasteiger partial charge in [-0.15, -0.1) is 0 Å². The Morgan fingerprint density at radius 1 is 1.50 bits per heavy atom. The molecule has 0 heterocycles. The number of benzene rings is 1. The van der Waals surface area contributed by atoms with E-state index in [-0.39, 0.29) is 11.5 Å². The van der Waals surface area contributed by atoms with Gasteiger partial charge >= 0.3 is 0 Å². The highest BCUT2D eigenvalue weighted by Crippen LogP contribution is 2.09. The van der Waals surface area contributed by atoms with Gasteiger partial charge in [-0.25, -0.2) is 4.39 Å². The van der Waals surface area contributed by atoms with Gasteiger partial charge in [-0.2, -0.15) is 5.26 Å². The van der Waals surface area contributed by atoms with E-state index in [0.29, 0.717) is 19.5 Å². The fraction of sp³-hybridized carbons (Fsp3) is 0.385.